The number of carbonyl (C=O) groups is 1. The Bertz CT molecular complexity index is 424. The third kappa shape index (κ3) is 8.32. The number of amides is 1. The van der Waals surface area contributed by atoms with Crippen LogP contribution in [0, 0.1) is 0 Å². The van der Waals surface area contributed by atoms with E-state index in [0.29, 0.717) is 6.54 Å². The molecule has 1 rings (SSSR count). The molecule has 0 bridgehead atoms. The van der Waals surface area contributed by atoms with Crippen LogP contribution in [-0.4, -0.2) is 29.9 Å². The second-order valence-electron chi connectivity index (χ2n) is 5.93. The summed E-state index contributed by atoms with van der Waals surface area (Å²) in [6.45, 7) is 7.79. The van der Waals surface area contributed by atoms with E-state index in [-0.39, 0.29) is 12.7 Å². The number of ether oxygens (including phenoxy) is 1. The first-order valence-electron chi connectivity index (χ1n) is 7.27. The van der Waals surface area contributed by atoms with Gasteiger partial charge in [-0.25, -0.2) is 4.79 Å². The number of rotatable bonds is 7. The molecule has 1 aromatic carbocycles. The van der Waals surface area contributed by atoms with Crippen LogP contribution in [0.1, 0.15) is 38.3 Å². The average molecular weight is 294 g/mol. The van der Waals surface area contributed by atoms with Crippen LogP contribution in [0.15, 0.2) is 24.3 Å². The standard InChI is InChI=1S/C16H26N2O3/c1-16(2,3)21-15(20)18-10-4-9-17-11-13-5-7-14(12-19)8-6-13/h5-8,17,19H,4,9-12H2,1-3H3,(H,18,20). The summed E-state index contributed by atoms with van der Waals surface area (Å²) >= 11 is 0. The van der Waals surface area contributed by atoms with Gasteiger partial charge in [0.05, 0.1) is 6.61 Å². The maximum Gasteiger partial charge on any atom is 0.407 e. The third-order valence-corrected chi connectivity index (χ3v) is 2.73. The van der Waals surface area contributed by atoms with Crippen molar-refractivity contribution in [2.45, 2.75) is 45.9 Å². The quantitative estimate of drug-likeness (QED) is 0.674. The minimum atomic E-state index is -0.455. The van der Waals surface area contributed by atoms with Crippen molar-refractivity contribution in [3.63, 3.8) is 0 Å². The number of nitrogens with one attached hydrogen (secondary N) is 2. The lowest BCUT2D eigenvalue weighted by atomic mass is 10.1. The van der Waals surface area contributed by atoms with Crippen molar-refractivity contribution in [3.8, 4) is 0 Å². The summed E-state index contributed by atoms with van der Waals surface area (Å²) in [5.74, 6) is 0. The maximum atomic E-state index is 11.4. The van der Waals surface area contributed by atoms with Crippen LogP contribution in [0.2, 0.25) is 0 Å². The van der Waals surface area contributed by atoms with Gasteiger partial charge in [-0.15, -0.1) is 0 Å². The lowest BCUT2D eigenvalue weighted by Crippen LogP contribution is -2.33. The van der Waals surface area contributed by atoms with Gasteiger partial charge in [0.25, 0.3) is 0 Å². The van der Waals surface area contributed by atoms with Gasteiger partial charge in [-0.2, -0.15) is 0 Å². The predicted molar refractivity (Wildman–Crippen MR) is 82.9 cm³/mol. The topological polar surface area (TPSA) is 70.6 Å². The molecule has 0 aliphatic heterocycles. The summed E-state index contributed by atoms with van der Waals surface area (Å²) in [6, 6.07) is 7.83. The predicted octanol–water partition coefficient (Wildman–Crippen LogP) is 2.18. The number of benzene rings is 1. The molecule has 0 atom stereocenters. The van der Waals surface area contributed by atoms with Crippen molar-refractivity contribution < 1.29 is 14.6 Å². The Kier molecular flexibility index (Phi) is 7.19. The zero-order valence-electron chi connectivity index (χ0n) is 13.1. The molecule has 0 spiro atoms. The first kappa shape index (κ1) is 17.5. The van der Waals surface area contributed by atoms with E-state index in [9.17, 15) is 4.79 Å². The summed E-state index contributed by atoms with van der Waals surface area (Å²) in [4.78, 5) is 11.4. The van der Waals surface area contributed by atoms with Crippen molar-refractivity contribution in [1.29, 1.82) is 0 Å². The summed E-state index contributed by atoms with van der Waals surface area (Å²) in [6.07, 6.45) is 0.468. The van der Waals surface area contributed by atoms with Crippen molar-refractivity contribution in [2.75, 3.05) is 13.1 Å². The smallest absolute Gasteiger partial charge is 0.407 e. The van der Waals surface area contributed by atoms with E-state index >= 15 is 0 Å². The van der Waals surface area contributed by atoms with E-state index in [1.165, 1.54) is 5.56 Å². The van der Waals surface area contributed by atoms with Crippen LogP contribution in [-0.2, 0) is 17.9 Å². The zero-order valence-corrected chi connectivity index (χ0v) is 13.1. The normalized spacial score (nSPS) is 11.2. The molecule has 21 heavy (non-hydrogen) atoms. The number of aliphatic hydroxyl groups is 1. The number of alkyl carbamates (subject to hydrolysis) is 1. The average Bonchev–Trinajstić information content (AvgIpc) is 2.41. The molecule has 0 radical (unpaired) electrons. The van der Waals surface area contributed by atoms with Crippen molar-refractivity contribution in [2.24, 2.45) is 0 Å². The summed E-state index contributed by atoms with van der Waals surface area (Å²) < 4.78 is 5.14. The van der Waals surface area contributed by atoms with Gasteiger partial charge < -0.3 is 20.5 Å². The van der Waals surface area contributed by atoms with Gasteiger partial charge in [-0.05, 0) is 44.9 Å². The Morgan fingerprint density at radius 2 is 1.76 bits per heavy atom. The summed E-state index contributed by atoms with van der Waals surface area (Å²) in [5, 5.41) is 15.0. The Labute approximate surface area is 126 Å². The van der Waals surface area contributed by atoms with Gasteiger partial charge >= 0.3 is 6.09 Å². The largest absolute Gasteiger partial charge is 0.444 e. The second kappa shape index (κ2) is 8.64. The number of aliphatic hydroxyl groups excluding tert-OH is 1. The molecule has 0 saturated carbocycles. The third-order valence-electron chi connectivity index (χ3n) is 2.73. The van der Waals surface area contributed by atoms with Crippen molar-refractivity contribution in [1.82, 2.24) is 10.6 Å². The molecule has 0 unspecified atom stereocenters. The number of hydrogen-bond donors (Lipinski definition) is 3. The lowest BCUT2D eigenvalue weighted by Gasteiger charge is -2.19. The van der Waals surface area contributed by atoms with E-state index in [0.717, 1.165) is 25.1 Å². The van der Waals surface area contributed by atoms with Crippen LogP contribution in [0.25, 0.3) is 0 Å². The Balaban J connectivity index is 2.07. The maximum absolute atomic E-state index is 11.4. The van der Waals surface area contributed by atoms with Crippen molar-refractivity contribution >= 4 is 6.09 Å². The Hall–Kier alpha value is -1.59. The fourth-order valence-corrected chi connectivity index (χ4v) is 1.71. The molecule has 0 aromatic heterocycles. The highest BCUT2D eigenvalue weighted by Gasteiger charge is 2.15. The van der Waals surface area contributed by atoms with Gasteiger partial charge in [-0.3, -0.25) is 0 Å². The van der Waals surface area contributed by atoms with E-state index < -0.39 is 5.60 Å². The first-order chi connectivity index (χ1) is 9.90. The molecular weight excluding hydrogens is 268 g/mol. The highest BCUT2D eigenvalue weighted by Crippen LogP contribution is 2.06. The monoisotopic (exact) mass is 294 g/mol. The number of carbonyl (C=O) groups excluding carboxylic acids is 1. The molecular formula is C16H26N2O3. The van der Waals surface area contributed by atoms with Crippen LogP contribution in [0.5, 0.6) is 0 Å². The number of hydrogen-bond acceptors (Lipinski definition) is 4. The first-order valence-corrected chi connectivity index (χ1v) is 7.27. The molecule has 1 amide bonds. The Morgan fingerprint density at radius 3 is 2.33 bits per heavy atom. The van der Waals surface area contributed by atoms with Gasteiger partial charge in [-0.1, -0.05) is 24.3 Å². The van der Waals surface area contributed by atoms with Gasteiger partial charge in [0, 0.05) is 13.1 Å². The molecule has 5 nitrogen and oxygen atoms in total. The molecule has 0 aliphatic carbocycles. The van der Waals surface area contributed by atoms with E-state index in [1.54, 1.807) is 0 Å². The minimum absolute atomic E-state index is 0.0735. The summed E-state index contributed by atoms with van der Waals surface area (Å²) in [7, 11) is 0. The lowest BCUT2D eigenvalue weighted by molar-refractivity contribution is 0.0527. The van der Waals surface area contributed by atoms with Crippen LogP contribution >= 0.6 is 0 Å². The Morgan fingerprint density at radius 1 is 1.14 bits per heavy atom. The SMILES string of the molecule is CC(C)(C)OC(=O)NCCCNCc1ccc(CO)cc1. The highest BCUT2D eigenvalue weighted by molar-refractivity contribution is 5.67. The molecule has 0 heterocycles. The highest BCUT2D eigenvalue weighted by atomic mass is 16.6. The van der Waals surface area contributed by atoms with Gasteiger partial charge in [0.2, 0.25) is 0 Å². The van der Waals surface area contributed by atoms with Gasteiger partial charge in [0.15, 0.2) is 0 Å². The molecule has 1 aromatic rings. The van der Waals surface area contributed by atoms with Crippen LogP contribution in [0.4, 0.5) is 4.79 Å². The van der Waals surface area contributed by atoms with E-state index in [2.05, 4.69) is 10.6 Å². The van der Waals surface area contributed by atoms with E-state index in [1.807, 2.05) is 45.0 Å². The molecule has 0 fully saturated rings. The molecule has 0 saturated heterocycles. The minimum Gasteiger partial charge on any atom is -0.444 e. The fourth-order valence-electron chi connectivity index (χ4n) is 1.71. The van der Waals surface area contributed by atoms with Crippen LogP contribution in [0.3, 0.4) is 0 Å². The molecule has 0 aliphatic rings. The fraction of sp³-hybridized carbons (Fsp3) is 0.562. The zero-order chi connectivity index (χ0) is 15.7. The molecule has 118 valence electrons. The summed E-state index contributed by atoms with van der Waals surface area (Å²) in [5.41, 5.74) is 1.64. The van der Waals surface area contributed by atoms with Crippen LogP contribution < -0.4 is 10.6 Å². The van der Waals surface area contributed by atoms with Gasteiger partial charge in [0.1, 0.15) is 5.60 Å². The second-order valence-corrected chi connectivity index (χ2v) is 5.93. The van der Waals surface area contributed by atoms with E-state index in [4.69, 9.17) is 9.84 Å². The molecule has 3 N–H and O–H groups in total. The molecule has 5 heteroatoms. The van der Waals surface area contributed by atoms with Crippen molar-refractivity contribution in [3.05, 3.63) is 35.4 Å².